The van der Waals surface area contributed by atoms with Crippen molar-refractivity contribution < 1.29 is 17.6 Å². The average molecular weight is 300 g/mol. The standard InChI is InChI=1S/C13H17FN2O3S/c14-11-3-5-12(6-4-11)20(18,19)15-8-7-13(17)16-9-1-2-10-16/h3-6,15H,1-2,7-10H2. The molecular weight excluding hydrogens is 283 g/mol. The van der Waals surface area contributed by atoms with Gasteiger partial charge >= 0.3 is 0 Å². The Morgan fingerprint density at radius 1 is 1.20 bits per heavy atom. The van der Waals surface area contributed by atoms with Gasteiger partial charge in [-0.15, -0.1) is 0 Å². The summed E-state index contributed by atoms with van der Waals surface area (Å²) in [7, 11) is -3.68. The van der Waals surface area contributed by atoms with Crippen LogP contribution in [0, 0.1) is 5.82 Å². The number of carbonyl (C=O) groups excluding carboxylic acids is 1. The summed E-state index contributed by atoms with van der Waals surface area (Å²) in [5.74, 6) is -0.530. The molecule has 1 amide bonds. The summed E-state index contributed by atoms with van der Waals surface area (Å²) in [6.45, 7) is 1.56. The van der Waals surface area contributed by atoms with E-state index in [2.05, 4.69) is 4.72 Å². The predicted molar refractivity (Wildman–Crippen MR) is 72.0 cm³/mol. The molecule has 0 spiro atoms. The fraction of sp³-hybridized carbons (Fsp3) is 0.462. The van der Waals surface area contributed by atoms with Crippen LogP contribution in [0.1, 0.15) is 19.3 Å². The lowest BCUT2D eigenvalue weighted by Gasteiger charge is -2.15. The third kappa shape index (κ3) is 3.77. The van der Waals surface area contributed by atoms with Gasteiger partial charge in [0.1, 0.15) is 5.82 Å². The molecule has 20 heavy (non-hydrogen) atoms. The molecule has 1 heterocycles. The fourth-order valence-electron chi connectivity index (χ4n) is 2.11. The normalized spacial score (nSPS) is 15.6. The van der Waals surface area contributed by atoms with Gasteiger partial charge in [-0.3, -0.25) is 4.79 Å². The Labute approximate surface area is 117 Å². The molecule has 1 aromatic carbocycles. The van der Waals surface area contributed by atoms with Gasteiger partial charge in [0.05, 0.1) is 4.90 Å². The third-order valence-electron chi connectivity index (χ3n) is 3.21. The molecule has 0 unspecified atom stereocenters. The largest absolute Gasteiger partial charge is 0.343 e. The van der Waals surface area contributed by atoms with Gasteiger partial charge in [-0.1, -0.05) is 0 Å². The molecule has 0 radical (unpaired) electrons. The Morgan fingerprint density at radius 3 is 2.40 bits per heavy atom. The van der Waals surface area contributed by atoms with Gasteiger partial charge in [0.25, 0.3) is 0 Å². The number of rotatable bonds is 5. The van der Waals surface area contributed by atoms with Crippen LogP contribution in [0.2, 0.25) is 0 Å². The first-order valence-corrected chi connectivity index (χ1v) is 8.00. The zero-order valence-corrected chi connectivity index (χ0v) is 11.8. The molecule has 110 valence electrons. The number of hydrogen-bond acceptors (Lipinski definition) is 3. The van der Waals surface area contributed by atoms with E-state index in [1.54, 1.807) is 4.90 Å². The zero-order chi connectivity index (χ0) is 14.6. The van der Waals surface area contributed by atoms with Gasteiger partial charge < -0.3 is 4.90 Å². The molecule has 1 aliphatic rings. The van der Waals surface area contributed by atoms with E-state index in [0.717, 1.165) is 38.1 Å². The minimum absolute atomic E-state index is 0.00692. The maximum absolute atomic E-state index is 12.7. The Bertz CT molecular complexity index is 566. The molecule has 5 nitrogen and oxygen atoms in total. The number of amides is 1. The number of benzene rings is 1. The predicted octanol–water partition coefficient (Wildman–Crippen LogP) is 1.12. The highest BCUT2D eigenvalue weighted by molar-refractivity contribution is 7.89. The quantitative estimate of drug-likeness (QED) is 0.886. The van der Waals surface area contributed by atoms with Gasteiger partial charge in [-0.25, -0.2) is 17.5 Å². The van der Waals surface area contributed by atoms with Gasteiger partial charge in [-0.2, -0.15) is 0 Å². The van der Waals surface area contributed by atoms with Crippen LogP contribution in [-0.4, -0.2) is 38.9 Å². The number of nitrogens with one attached hydrogen (secondary N) is 1. The van der Waals surface area contributed by atoms with E-state index in [9.17, 15) is 17.6 Å². The SMILES string of the molecule is O=C(CCNS(=O)(=O)c1ccc(F)cc1)N1CCCC1. The zero-order valence-electron chi connectivity index (χ0n) is 11.0. The van der Waals surface area contributed by atoms with Gasteiger partial charge in [-0.05, 0) is 37.1 Å². The number of halogens is 1. The Kier molecular flexibility index (Phi) is 4.72. The Morgan fingerprint density at radius 2 is 1.80 bits per heavy atom. The molecule has 2 rings (SSSR count). The van der Waals surface area contributed by atoms with Gasteiger partial charge in [0.2, 0.25) is 15.9 Å². The van der Waals surface area contributed by atoms with E-state index in [4.69, 9.17) is 0 Å². The van der Waals surface area contributed by atoms with E-state index in [1.807, 2.05) is 0 Å². The lowest BCUT2D eigenvalue weighted by molar-refractivity contribution is -0.129. The maximum Gasteiger partial charge on any atom is 0.240 e. The van der Waals surface area contributed by atoms with Crippen molar-refractivity contribution in [2.45, 2.75) is 24.2 Å². The minimum Gasteiger partial charge on any atom is -0.343 e. The first-order chi connectivity index (χ1) is 9.49. The molecule has 1 fully saturated rings. The molecule has 1 N–H and O–H groups in total. The number of nitrogens with zero attached hydrogens (tertiary/aromatic N) is 1. The molecule has 1 aliphatic heterocycles. The molecule has 0 aliphatic carbocycles. The smallest absolute Gasteiger partial charge is 0.240 e. The highest BCUT2D eigenvalue weighted by Gasteiger charge is 2.19. The summed E-state index contributed by atoms with van der Waals surface area (Å²) in [6, 6.07) is 4.56. The lowest BCUT2D eigenvalue weighted by Crippen LogP contribution is -2.32. The molecule has 1 aromatic rings. The molecule has 0 bridgehead atoms. The third-order valence-corrected chi connectivity index (χ3v) is 4.69. The highest BCUT2D eigenvalue weighted by atomic mass is 32.2. The van der Waals surface area contributed by atoms with Crippen LogP contribution in [0.5, 0.6) is 0 Å². The van der Waals surface area contributed by atoms with Crippen molar-refractivity contribution in [3.8, 4) is 0 Å². The minimum atomic E-state index is -3.68. The van der Waals surface area contributed by atoms with Crippen molar-refractivity contribution in [2.75, 3.05) is 19.6 Å². The van der Waals surface area contributed by atoms with E-state index in [0.29, 0.717) is 0 Å². The van der Waals surface area contributed by atoms with Crippen molar-refractivity contribution in [3.63, 3.8) is 0 Å². The number of sulfonamides is 1. The van der Waals surface area contributed by atoms with E-state index >= 15 is 0 Å². The van der Waals surface area contributed by atoms with Crippen LogP contribution in [0.4, 0.5) is 4.39 Å². The summed E-state index contributed by atoms with van der Waals surface area (Å²) in [5.41, 5.74) is 0. The molecule has 7 heteroatoms. The second-order valence-electron chi connectivity index (χ2n) is 4.69. The molecule has 0 saturated carbocycles. The first-order valence-electron chi connectivity index (χ1n) is 6.52. The lowest BCUT2D eigenvalue weighted by atomic mass is 10.4. The summed E-state index contributed by atoms with van der Waals surface area (Å²) < 4.78 is 38.9. The summed E-state index contributed by atoms with van der Waals surface area (Å²) >= 11 is 0. The van der Waals surface area contributed by atoms with Gasteiger partial charge in [0, 0.05) is 26.1 Å². The number of likely N-dealkylation sites (tertiary alicyclic amines) is 1. The van der Waals surface area contributed by atoms with Crippen molar-refractivity contribution in [2.24, 2.45) is 0 Å². The fourth-order valence-corrected chi connectivity index (χ4v) is 3.15. The summed E-state index contributed by atoms with van der Waals surface area (Å²) in [5, 5.41) is 0. The van der Waals surface area contributed by atoms with Crippen LogP contribution >= 0.6 is 0 Å². The van der Waals surface area contributed by atoms with E-state index < -0.39 is 15.8 Å². The van der Waals surface area contributed by atoms with E-state index in [-0.39, 0.29) is 23.8 Å². The van der Waals surface area contributed by atoms with Crippen molar-refractivity contribution in [1.82, 2.24) is 9.62 Å². The highest BCUT2D eigenvalue weighted by Crippen LogP contribution is 2.11. The Hall–Kier alpha value is -1.47. The van der Waals surface area contributed by atoms with Crippen molar-refractivity contribution in [3.05, 3.63) is 30.1 Å². The van der Waals surface area contributed by atoms with Crippen LogP contribution in [0.15, 0.2) is 29.2 Å². The summed E-state index contributed by atoms with van der Waals surface area (Å²) in [6.07, 6.45) is 2.15. The first kappa shape index (κ1) is 14.9. The van der Waals surface area contributed by atoms with Crippen molar-refractivity contribution >= 4 is 15.9 Å². The van der Waals surface area contributed by atoms with Gasteiger partial charge in [0.15, 0.2) is 0 Å². The topological polar surface area (TPSA) is 66.5 Å². The average Bonchev–Trinajstić information content (AvgIpc) is 2.93. The monoisotopic (exact) mass is 300 g/mol. The molecule has 1 saturated heterocycles. The van der Waals surface area contributed by atoms with Crippen LogP contribution in [0.25, 0.3) is 0 Å². The number of hydrogen-bond donors (Lipinski definition) is 1. The Balaban J connectivity index is 1.86. The van der Waals surface area contributed by atoms with Crippen LogP contribution in [-0.2, 0) is 14.8 Å². The van der Waals surface area contributed by atoms with Crippen LogP contribution < -0.4 is 4.72 Å². The maximum atomic E-state index is 12.7. The molecule has 0 atom stereocenters. The second kappa shape index (κ2) is 6.32. The van der Waals surface area contributed by atoms with E-state index in [1.165, 1.54) is 12.1 Å². The van der Waals surface area contributed by atoms with Crippen LogP contribution in [0.3, 0.4) is 0 Å². The number of carbonyl (C=O) groups is 1. The molecule has 0 aromatic heterocycles. The molecular formula is C13H17FN2O3S. The van der Waals surface area contributed by atoms with Crippen molar-refractivity contribution in [1.29, 1.82) is 0 Å². The second-order valence-corrected chi connectivity index (χ2v) is 6.46. The summed E-state index contributed by atoms with van der Waals surface area (Å²) in [4.78, 5) is 13.5.